The lowest BCUT2D eigenvalue weighted by molar-refractivity contribution is -0.135. The van der Waals surface area contributed by atoms with Crippen LogP contribution in [0, 0.1) is 5.41 Å². The van der Waals surface area contributed by atoms with Gasteiger partial charge in [-0.15, -0.1) is 0 Å². The van der Waals surface area contributed by atoms with Gasteiger partial charge in [-0.3, -0.25) is 5.41 Å². The van der Waals surface area contributed by atoms with E-state index < -0.39 is 0 Å². The Morgan fingerprint density at radius 3 is 2.48 bits per heavy atom. The number of hydrogen-bond acceptors (Lipinski definition) is 3. The summed E-state index contributed by atoms with van der Waals surface area (Å²) >= 11 is 0. The number of nitrogen functional groups attached to an aromatic ring is 1. The molecule has 1 fully saturated rings. The van der Waals surface area contributed by atoms with Crippen LogP contribution in [0.15, 0.2) is 48.5 Å². The number of nitrogens with two attached hydrogens (primary N) is 1. The third-order valence-electron chi connectivity index (χ3n) is 3.58. The number of nitrogens with one attached hydrogen (secondary N) is 1. The minimum absolute atomic E-state index is 0.0861. The molecular weight excluding hydrogens is 264 g/mol. The van der Waals surface area contributed by atoms with E-state index in [-0.39, 0.29) is 11.9 Å². The van der Waals surface area contributed by atoms with E-state index in [0.29, 0.717) is 19.8 Å². The maximum atomic E-state index is 7.65. The summed E-state index contributed by atoms with van der Waals surface area (Å²) in [6.45, 7) is 2.00. The lowest BCUT2D eigenvalue weighted by Crippen LogP contribution is -2.35. The second kappa shape index (κ2) is 6.08. The van der Waals surface area contributed by atoms with Crippen molar-refractivity contribution in [3.63, 3.8) is 0 Å². The lowest BCUT2D eigenvalue weighted by Gasteiger charge is -2.26. The third kappa shape index (κ3) is 3.12. The van der Waals surface area contributed by atoms with E-state index in [1.54, 1.807) is 0 Å². The molecule has 1 heterocycles. The average Bonchev–Trinajstić information content (AvgIpc) is 2.46. The van der Waals surface area contributed by atoms with E-state index in [1.807, 2.05) is 48.5 Å². The summed E-state index contributed by atoms with van der Waals surface area (Å²) in [6, 6.07) is 15.9. The molecule has 0 atom stereocenters. The Balaban J connectivity index is 1.75. The Bertz CT molecular complexity index is 633. The van der Waals surface area contributed by atoms with Crippen LogP contribution < -0.4 is 5.73 Å². The van der Waals surface area contributed by atoms with E-state index in [1.165, 1.54) is 0 Å². The van der Waals surface area contributed by atoms with Crippen LogP contribution in [0.5, 0.6) is 0 Å². The minimum Gasteiger partial charge on any atom is -0.384 e. The van der Waals surface area contributed by atoms with Gasteiger partial charge in [0.25, 0.3) is 0 Å². The fraction of sp³-hybridized carbons (Fsp3) is 0.235. The number of ether oxygens (including phenoxy) is 2. The first-order chi connectivity index (χ1) is 10.2. The fourth-order valence-electron chi connectivity index (χ4n) is 2.27. The predicted molar refractivity (Wildman–Crippen MR) is 82.3 cm³/mol. The van der Waals surface area contributed by atoms with Gasteiger partial charge < -0.3 is 15.2 Å². The summed E-state index contributed by atoms with van der Waals surface area (Å²) in [4.78, 5) is 0. The van der Waals surface area contributed by atoms with Gasteiger partial charge in [0.05, 0.1) is 19.8 Å². The van der Waals surface area contributed by atoms with Crippen LogP contribution in [0.1, 0.15) is 11.1 Å². The summed E-state index contributed by atoms with van der Waals surface area (Å²) in [6.07, 6.45) is 0.239. The standard InChI is InChI=1S/C17H18N2O2/c18-17(19)16-4-2-1-3-15(16)13-7-5-12(6-8-13)9-21-14-10-20-11-14/h1-8,14H,9-11H2,(H3,18,19). The van der Waals surface area contributed by atoms with E-state index in [4.69, 9.17) is 20.6 Å². The number of benzene rings is 2. The smallest absolute Gasteiger partial charge is 0.123 e. The fourth-order valence-corrected chi connectivity index (χ4v) is 2.27. The quantitative estimate of drug-likeness (QED) is 0.654. The molecule has 0 radical (unpaired) electrons. The van der Waals surface area contributed by atoms with Crippen molar-refractivity contribution in [2.75, 3.05) is 13.2 Å². The molecule has 1 aliphatic rings. The molecule has 0 amide bonds. The van der Waals surface area contributed by atoms with Crippen LogP contribution in [0.3, 0.4) is 0 Å². The van der Waals surface area contributed by atoms with Gasteiger partial charge in [0, 0.05) is 5.56 Å². The van der Waals surface area contributed by atoms with Crippen molar-refractivity contribution >= 4 is 5.84 Å². The number of hydrogen-bond donors (Lipinski definition) is 2. The van der Waals surface area contributed by atoms with Gasteiger partial charge in [-0.05, 0) is 16.7 Å². The lowest BCUT2D eigenvalue weighted by atomic mass is 9.98. The van der Waals surface area contributed by atoms with Crippen LogP contribution in [0.2, 0.25) is 0 Å². The molecule has 0 aliphatic carbocycles. The van der Waals surface area contributed by atoms with E-state index in [0.717, 1.165) is 22.3 Å². The molecule has 4 nitrogen and oxygen atoms in total. The van der Waals surface area contributed by atoms with Crippen LogP contribution >= 0.6 is 0 Å². The summed E-state index contributed by atoms with van der Waals surface area (Å²) in [7, 11) is 0. The Kier molecular flexibility index (Phi) is 3.99. The van der Waals surface area contributed by atoms with Crippen molar-refractivity contribution in [1.29, 1.82) is 5.41 Å². The number of amidine groups is 1. The first kappa shape index (κ1) is 13.8. The molecule has 108 valence electrons. The summed E-state index contributed by atoms with van der Waals surface area (Å²) in [5.74, 6) is 0.0861. The van der Waals surface area contributed by atoms with Crippen molar-refractivity contribution in [1.82, 2.24) is 0 Å². The molecule has 1 saturated heterocycles. The maximum Gasteiger partial charge on any atom is 0.123 e. The highest BCUT2D eigenvalue weighted by atomic mass is 16.6. The highest BCUT2D eigenvalue weighted by Crippen LogP contribution is 2.24. The van der Waals surface area contributed by atoms with Crippen LogP contribution in [-0.2, 0) is 16.1 Å². The van der Waals surface area contributed by atoms with Crippen molar-refractivity contribution in [2.24, 2.45) is 5.73 Å². The monoisotopic (exact) mass is 282 g/mol. The van der Waals surface area contributed by atoms with E-state index in [9.17, 15) is 0 Å². The number of rotatable bonds is 5. The Labute approximate surface area is 124 Å². The topological polar surface area (TPSA) is 68.3 Å². The Hall–Kier alpha value is -2.17. The molecule has 1 aliphatic heterocycles. The van der Waals surface area contributed by atoms with Gasteiger partial charge in [-0.2, -0.15) is 0 Å². The molecule has 4 heteroatoms. The molecule has 0 aromatic heterocycles. The highest BCUT2D eigenvalue weighted by Gasteiger charge is 2.18. The van der Waals surface area contributed by atoms with Crippen molar-refractivity contribution in [2.45, 2.75) is 12.7 Å². The van der Waals surface area contributed by atoms with Gasteiger partial charge in [-0.1, -0.05) is 48.5 Å². The van der Waals surface area contributed by atoms with Gasteiger partial charge >= 0.3 is 0 Å². The molecule has 0 bridgehead atoms. The molecule has 3 rings (SSSR count). The first-order valence-corrected chi connectivity index (χ1v) is 6.96. The molecule has 0 spiro atoms. The largest absolute Gasteiger partial charge is 0.384 e. The summed E-state index contributed by atoms with van der Waals surface area (Å²) in [5.41, 5.74) is 9.55. The maximum absolute atomic E-state index is 7.65. The molecule has 0 unspecified atom stereocenters. The zero-order valence-corrected chi connectivity index (χ0v) is 11.7. The zero-order chi connectivity index (χ0) is 14.7. The van der Waals surface area contributed by atoms with Gasteiger partial charge in [-0.25, -0.2) is 0 Å². The van der Waals surface area contributed by atoms with Crippen LogP contribution in [0.4, 0.5) is 0 Å². The van der Waals surface area contributed by atoms with Crippen LogP contribution in [0.25, 0.3) is 11.1 Å². The third-order valence-corrected chi connectivity index (χ3v) is 3.58. The average molecular weight is 282 g/mol. The highest BCUT2D eigenvalue weighted by molar-refractivity contribution is 6.01. The first-order valence-electron chi connectivity index (χ1n) is 6.96. The van der Waals surface area contributed by atoms with E-state index >= 15 is 0 Å². The second-order valence-electron chi connectivity index (χ2n) is 5.13. The SMILES string of the molecule is N=C(N)c1ccccc1-c1ccc(COC2COC2)cc1. The van der Waals surface area contributed by atoms with Gasteiger partial charge in [0.1, 0.15) is 11.9 Å². The zero-order valence-electron chi connectivity index (χ0n) is 11.7. The predicted octanol–water partition coefficient (Wildman–Crippen LogP) is 2.55. The second-order valence-corrected chi connectivity index (χ2v) is 5.13. The molecule has 3 N–H and O–H groups in total. The summed E-state index contributed by atoms with van der Waals surface area (Å²) < 4.78 is 10.8. The van der Waals surface area contributed by atoms with E-state index in [2.05, 4.69) is 0 Å². The molecular formula is C17H18N2O2. The minimum atomic E-state index is 0.0861. The molecule has 21 heavy (non-hydrogen) atoms. The Morgan fingerprint density at radius 1 is 1.14 bits per heavy atom. The van der Waals surface area contributed by atoms with Crippen molar-refractivity contribution < 1.29 is 9.47 Å². The van der Waals surface area contributed by atoms with Gasteiger partial charge in [0.15, 0.2) is 0 Å². The molecule has 2 aromatic carbocycles. The van der Waals surface area contributed by atoms with Crippen molar-refractivity contribution in [3.8, 4) is 11.1 Å². The normalized spacial score (nSPS) is 14.7. The van der Waals surface area contributed by atoms with Crippen LogP contribution in [-0.4, -0.2) is 25.2 Å². The Morgan fingerprint density at radius 2 is 1.86 bits per heavy atom. The molecule has 0 saturated carbocycles. The summed E-state index contributed by atoms with van der Waals surface area (Å²) in [5, 5.41) is 7.65. The van der Waals surface area contributed by atoms with Gasteiger partial charge in [0.2, 0.25) is 0 Å². The molecule has 2 aromatic rings. The van der Waals surface area contributed by atoms with Crippen molar-refractivity contribution in [3.05, 3.63) is 59.7 Å².